The van der Waals surface area contributed by atoms with Crippen molar-refractivity contribution < 1.29 is 0 Å². The fourth-order valence-electron chi connectivity index (χ4n) is 6.78. The van der Waals surface area contributed by atoms with Crippen LogP contribution >= 0.6 is 0 Å². The van der Waals surface area contributed by atoms with Crippen LogP contribution in [-0.4, -0.2) is 0 Å². The summed E-state index contributed by atoms with van der Waals surface area (Å²) in [7, 11) is 0. The Morgan fingerprint density at radius 2 is 0.805 bits per heavy atom. The van der Waals surface area contributed by atoms with Crippen molar-refractivity contribution in [1.82, 2.24) is 0 Å². The Morgan fingerprint density at radius 1 is 0.341 bits per heavy atom. The van der Waals surface area contributed by atoms with Gasteiger partial charge in [0.1, 0.15) is 0 Å². The zero-order valence-corrected chi connectivity index (χ0v) is 23.4. The Labute approximate surface area is 241 Å². The normalized spacial score (nSPS) is 13.3. The van der Waals surface area contributed by atoms with Crippen molar-refractivity contribution in [2.45, 2.75) is 19.3 Å². The smallest absolute Gasteiger partial charge is 0.0159 e. The van der Waals surface area contributed by atoms with E-state index in [9.17, 15) is 0 Å². The maximum atomic E-state index is 2.39. The molecule has 0 atom stereocenters. The summed E-state index contributed by atoms with van der Waals surface area (Å²) in [4.78, 5) is 0. The lowest BCUT2D eigenvalue weighted by atomic mass is 9.81. The first kappa shape index (κ1) is 23.9. The van der Waals surface area contributed by atoms with Gasteiger partial charge in [0, 0.05) is 5.41 Å². The van der Waals surface area contributed by atoms with E-state index in [0.29, 0.717) is 0 Å². The van der Waals surface area contributed by atoms with Gasteiger partial charge in [0.05, 0.1) is 0 Å². The number of hydrogen-bond acceptors (Lipinski definition) is 0. The molecule has 0 saturated heterocycles. The van der Waals surface area contributed by atoms with Gasteiger partial charge in [-0.05, 0) is 89.3 Å². The molecular weight excluding hydrogens is 492 g/mol. The van der Waals surface area contributed by atoms with E-state index in [4.69, 9.17) is 0 Å². The first-order chi connectivity index (χ1) is 20.1. The minimum Gasteiger partial charge on any atom is -0.0619 e. The molecule has 0 N–H and O–H groups in total. The van der Waals surface area contributed by atoms with Crippen LogP contribution in [0.2, 0.25) is 0 Å². The molecule has 0 fully saturated rings. The third-order valence-corrected chi connectivity index (χ3v) is 9.10. The molecule has 0 heterocycles. The number of fused-ring (bicyclic) bond motifs is 6. The largest absolute Gasteiger partial charge is 0.0619 e. The molecule has 194 valence electrons. The molecule has 0 saturated carbocycles. The molecule has 1 aliphatic carbocycles. The van der Waals surface area contributed by atoms with E-state index in [-0.39, 0.29) is 5.41 Å². The quantitative estimate of drug-likeness (QED) is 0.202. The predicted octanol–water partition coefficient (Wildman–Crippen LogP) is 11.3. The molecule has 0 heteroatoms. The Hall–Kier alpha value is -4.94. The van der Waals surface area contributed by atoms with Crippen LogP contribution in [0.15, 0.2) is 146 Å². The average molecular weight is 523 g/mol. The lowest BCUT2D eigenvalue weighted by Gasteiger charge is -2.22. The van der Waals surface area contributed by atoms with Gasteiger partial charge >= 0.3 is 0 Å². The second-order valence-electron chi connectivity index (χ2n) is 11.8. The van der Waals surface area contributed by atoms with Crippen LogP contribution in [-0.2, 0) is 5.41 Å². The van der Waals surface area contributed by atoms with E-state index in [0.717, 1.165) is 0 Å². The summed E-state index contributed by atoms with van der Waals surface area (Å²) in [5, 5.41) is 5.17. The monoisotopic (exact) mass is 522 g/mol. The Kier molecular flexibility index (Phi) is 5.27. The molecule has 0 spiro atoms. The number of hydrogen-bond donors (Lipinski definition) is 0. The molecule has 7 aromatic rings. The van der Waals surface area contributed by atoms with Crippen molar-refractivity contribution in [1.29, 1.82) is 0 Å². The van der Waals surface area contributed by atoms with E-state index in [1.54, 1.807) is 0 Å². The number of benzene rings is 7. The molecule has 0 bridgehead atoms. The van der Waals surface area contributed by atoms with Gasteiger partial charge in [-0.1, -0.05) is 147 Å². The second-order valence-corrected chi connectivity index (χ2v) is 11.8. The Bertz CT molecular complexity index is 2090. The third kappa shape index (κ3) is 3.83. The lowest BCUT2D eigenvalue weighted by Crippen LogP contribution is -2.14. The Balaban J connectivity index is 1.08. The average Bonchev–Trinajstić information content (AvgIpc) is 3.27. The first-order valence-corrected chi connectivity index (χ1v) is 14.4. The highest BCUT2D eigenvalue weighted by Crippen LogP contribution is 2.49. The van der Waals surface area contributed by atoms with Gasteiger partial charge < -0.3 is 0 Å². The first-order valence-electron chi connectivity index (χ1n) is 14.4. The predicted molar refractivity (Wildman–Crippen MR) is 175 cm³/mol. The highest BCUT2D eigenvalue weighted by Gasteiger charge is 2.35. The van der Waals surface area contributed by atoms with Crippen molar-refractivity contribution >= 4 is 21.5 Å². The van der Waals surface area contributed by atoms with Crippen molar-refractivity contribution in [3.63, 3.8) is 0 Å². The maximum absolute atomic E-state index is 2.39. The molecule has 8 rings (SSSR count). The van der Waals surface area contributed by atoms with Crippen LogP contribution in [0.5, 0.6) is 0 Å². The van der Waals surface area contributed by atoms with E-state index >= 15 is 0 Å². The molecule has 0 radical (unpaired) electrons. The lowest BCUT2D eigenvalue weighted by molar-refractivity contribution is 0.660. The van der Waals surface area contributed by atoms with E-state index in [1.165, 1.54) is 77.2 Å². The highest BCUT2D eigenvalue weighted by molar-refractivity contribution is 6.08. The van der Waals surface area contributed by atoms with Gasteiger partial charge in [0.2, 0.25) is 0 Å². The molecule has 0 nitrogen and oxygen atoms in total. The summed E-state index contributed by atoms with van der Waals surface area (Å²) < 4.78 is 0. The van der Waals surface area contributed by atoms with Gasteiger partial charge in [-0.3, -0.25) is 0 Å². The van der Waals surface area contributed by atoms with Gasteiger partial charge in [0.25, 0.3) is 0 Å². The van der Waals surface area contributed by atoms with Crippen LogP contribution < -0.4 is 0 Å². The molecule has 7 aromatic carbocycles. The van der Waals surface area contributed by atoms with Gasteiger partial charge in [-0.25, -0.2) is 0 Å². The van der Waals surface area contributed by atoms with Crippen LogP contribution in [0, 0.1) is 0 Å². The molecule has 0 amide bonds. The van der Waals surface area contributed by atoms with Crippen LogP contribution in [0.25, 0.3) is 66.1 Å². The van der Waals surface area contributed by atoms with Crippen LogP contribution in [0.1, 0.15) is 25.0 Å². The summed E-state index contributed by atoms with van der Waals surface area (Å²) in [5.74, 6) is 0. The summed E-state index contributed by atoms with van der Waals surface area (Å²) >= 11 is 0. The van der Waals surface area contributed by atoms with Crippen molar-refractivity contribution in [2.75, 3.05) is 0 Å². The van der Waals surface area contributed by atoms with E-state index in [2.05, 4.69) is 159 Å². The minimum atomic E-state index is 0.0156. The van der Waals surface area contributed by atoms with Crippen LogP contribution in [0.4, 0.5) is 0 Å². The minimum absolute atomic E-state index is 0.0156. The molecule has 1 aliphatic rings. The molecule has 0 unspecified atom stereocenters. The van der Waals surface area contributed by atoms with Gasteiger partial charge in [-0.2, -0.15) is 0 Å². The topological polar surface area (TPSA) is 0 Å². The summed E-state index contributed by atoms with van der Waals surface area (Å²) in [5.41, 5.74) is 13.1. The summed E-state index contributed by atoms with van der Waals surface area (Å²) in [6.07, 6.45) is 0. The zero-order chi connectivity index (χ0) is 27.6. The van der Waals surface area contributed by atoms with Crippen molar-refractivity contribution in [2.24, 2.45) is 0 Å². The molecule has 0 aliphatic heterocycles. The fraction of sp³-hybridized carbons (Fsp3) is 0.0732. The highest BCUT2D eigenvalue weighted by atomic mass is 14.4. The molecule has 0 aromatic heterocycles. The summed E-state index contributed by atoms with van der Waals surface area (Å²) in [6, 6.07) is 53.7. The standard InChI is InChI=1S/C41H30/c1-41(2)39-10-6-5-9-36(39)37-24-23-34(26-40(37)41)30-17-13-28(14-18-30)27-11-15-29(16-12-27)33-22-21-32-20-19-31-7-3-4-8-35(31)38(32)25-33/h3-26H,1-2H3. The van der Waals surface area contributed by atoms with Crippen molar-refractivity contribution in [3.05, 3.63) is 157 Å². The fourth-order valence-corrected chi connectivity index (χ4v) is 6.78. The van der Waals surface area contributed by atoms with Crippen molar-refractivity contribution in [3.8, 4) is 44.5 Å². The number of rotatable bonds is 3. The second kappa shape index (κ2) is 9.04. The van der Waals surface area contributed by atoms with E-state index in [1.807, 2.05) is 0 Å². The summed E-state index contributed by atoms with van der Waals surface area (Å²) in [6.45, 7) is 4.68. The van der Waals surface area contributed by atoms with Gasteiger partial charge in [0.15, 0.2) is 0 Å². The molecular formula is C41H30. The maximum Gasteiger partial charge on any atom is 0.0159 e. The SMILES string of the molecule is CC1(C)c2ccccc2-c2ccc(-c3ccc(-c4ccc(-c5ccc6ccc7ccccc7c6c5)cc4)cc3)cc21. The zero-order valence-electron chi connectivity index (χ0n) is 23.4. The Morgan fingerprint density at radius 3 is 1.51 bits per heavy atom. The van der Waals surface area contributed by atoms with Crippen LogP contribution in [0.3, 0.4) is 0 Å². The van der Waals surface area contributed by atoms with Gasteiger partial charge in [-0.15, -0.1) is 0 Å². The third-order valence-electron chi connectivity index (χ3n) is 9.10. The molecule has 41 heavy (non-hydrogen) atoms. The van der Waals surface area contributed by atoms with E-state index < -0.39 is 0 Å².